The maximum absolute atomic E-state index is 13.3. The number of Topliss-reactive ketones (excluding diaryl/α,β-unsaturated/α-hetero) is 1. The van der Waals surface area contributed by atoms with E-state index >= 15 is 0 Å². The van der Waals surface area contributed by atoms with Gasteiger partial charge in [-0.3, -0.25) is 19.7 Å². The van der Waals surface area contributed by atoms with Gasteiger partial charge in [-0.05, 0) is 24.3 Å². The molecule has 3 aromatic heterocycles. The molecule has 178 valence electrons. The molecule has 0 bridgehead atoms. The third kappa shape index (κ3) is 4.60. The molecule has 4 heterocycles. The van der Waals surface area contributed by atoms with E-state index in [0.717, 1.165) is 24.2 Å². The molecular weight excluding hydrogens is 472 g/mol. The number of nitrogens with zero attached hydrogens (tertiary/aromatic N) is 5. The SMILES string of the molecule is COc1nc2onc(C(=O)C(=O)Nc3nccs3)c2nc1C(=O)N1CCC(Cc2ccccc2)C1. The molecular formula is C23H20N6O5S. The number of hydrogen-bond donors (Lipinski definition) is 1. The number of anilines is 1. The predicted octanol–water partition coefficient (Wildman–Crippen LogP) is 2.61. The maximum Gasteiger partial charge on any atom is 0.300 e. The Bertz CT molecular complexity index is 1390. The minimum absolute atomic E-state index is 0.0450. The van der Waals surface area contributed by atoms with Gasteiger partial charge in [-0.2, -0.15) is 4.98 Å². The fourth-order valence-corrected chi connectivity index (χ4v) is 4.54. The number of amides is 2. The second-order valence-electron chi connectivity index (χ2n) is 7.98. The van der Waals surface area contributed by atoms with E-state index < -0.39 is 11.7 Å². The van der Waals surface area contributed by atoms with Crippen molar-refractivity contribution in [2.24, 2.45) is 5.92 Å². The van der Waals surface area contributed by atoms with Crippen LogP contribution in [-0.4, -0.2) is 62.8 Å². The highest BCUT2D eigenvalue weighted by molar-refractivity contribution is 7.13. The van der Waals surface area contributed by atoms with Gasteiger partial charge in [0.15, 0.2) is 22.0 Å². The highest BCUT2D eigenvalue weighted by Crippen LogP contribution is 2.27. The number of rotatable bonds is 7. The molecule has 35 heavy (non-hydrogen) atoms. The summed E-state index contributed by atoms with van der Waals surface area (Å²) in [6, 6.07) is 10.1. The molecule has 12 heteroatoms. The molecule has 1 atom stereocenters. The first kappa shape index (κ1) is 22.6. The molecule has 1 aromatic carbocycles. The van der Waals surface area contributed by atoms with E-state index in [4.69, 9.17) is 9.26 Å². The molecule has 4 aromatic rings. The Balaban J connectivity index is 1.38. The normalized spacial score (nSPS) is 15.3. The molecule has 1 N–H and O–H groups in total. The first-order chi connectivity index (χ1) is 17.0. The van der Waals surface area contributed by atoms with Crippen molar-refractivity contribution in [3.63, 3.8) is 0 Å². The summed E-state index contributed by atoms with van der Waals surface area (Å²) < 4.78 is 10.4. The molecule has 0 aliphatic carbocycles. The number of carbonyl (C=O) groups excluding carboxylic acids is 3. The third-order valence-electron chi connectivity index (χ3n) is 5.69. The van der Waals surface area contributed by atoms with E-state index in [1.165, 1.54) is 18.9 Å². The van der Waals surface area contributed by atoms with Gasteiger partial charge in [-0.15, -0.1) is 11.3 Å². The monoisotopic (exact) mass is 492 g/mol. The largest absolute Gasteiger partial charge is 0.479 e. The van der Waals surface area contributed by atoms with Crippen molar-refractivity contribution in [2.75, 3.05) is 25.5 Å². The Labute approximate surface area is 203 Å². The summed E-state index contributed by atoms with van der Waals surface area (Å²) in [6.07, 6.45) is 3.21. The molecule has 1 fully saturated rings. The second-order valence-corrected chi connectivity index (χ2v) is 8.88. The van der Waals surface area contributed by atoms with Crippen molar-refractivity contribution in [1.29, 1.82) is 0 Å². The molecule has 2 amide bonds. The standard InChI is InChI=1S/C23H20N6O5S/c1-33-20-17(22(32)29-9-7-14(12-29)11-13-5-3-2-4-6-13)25-16-15(28-34-21(16)27-20)18(30)19(31)26-23-24-8-10-35-23/h2-6,8,10,14H,7,9,11-12H2,1H3,(H,24,26,31). The number of methoxy groups -OCH3 is 1. The van der Waals surface area contributed by atoms with Crippen LogP contribution in [0.25, 0.3) is 11.2 Å². The number of fused-ring (bicyclic) bond motifs is 1. The van der Waals surface area contributed by atoms with Crippen LogP contribution in [0.4, 0.5) is 5.13 Å². The highest BCUT2D eigenvalue weighted by Gasteiger charge is 2.33. The number of thiazole rings is 1. The van der Waals surface area contributed by atoms with Gasteiger partial charge in [0.25, 0.3) is 23.3 Å². The van der Waals surface area contributed by atoms with E-state index in [2.05, 4.69) is 37.6 Å². The highest BCUT2D eigenvalue weighted by atomic mass is 32.1. The number of ether oxygens (including phenoxy) is 1. The third-order valence-corrected chi connectivity index (χ3v) is 6.38. The van der Waals surface area contributed by atoms with E-state index in [9.17, 15) is 14.4 Å². The average molecular weight is 493 g/mol. The number of ketones is 1. The number of hydrogen-bond acceptors (Lipinski definition) is 10. The van der Waals surface area contributed by atoms with Crippen molar-refractivity contribution in [3.05, 3.63) is 58.9 Å². The molecule has 11 nitrogen and oxygen atoms in total. The van der Waals surface area contributed by atoms with Crippen LogP contribution in [0.2, 0.25) is 0 Å². The lowest BCUT2D eigenvalue weighted by Crippen LogP contribution is -2.30. The molecule has 1 aliphatic heterocycles. The summed E-state index contributed by atoms with van der Waals surface area (Å²) in [6.45, 7) is 1.12. The second kappa shape index (κ2) is 9.58. The zero-order chi connectivity index (χ0) is 24.4. The first-order valence-electron chi connectivity index (χ1n) is 10.8. The van der Waals surface area contributed by atoms with Crippen molar-refractivity contribution < 1.29 is 23.6 Å². The number of nitrogens with one attached hydrogen (secondary N) is 1. The Hall–Kier alpha value is -4.19. The summed E-state index contributed by atoms with van der Waals surface area (Å²) in [5, 5.41) is 7.98. The smallest absolute Gasteiger partial charge is 0.300 e. The van der Waals surface area contributed by atoms with Crippen LogP contribution >= 0.6 is 11.3 Å². The van der Waals surface area contributed by atoms with Gasteiger partial charge >= 0.3 is 0 Å². The molecule has 0 spiro atoms. The van der Waals surface area contributed by atoms with Gasteiger partial charge < -0.3 is 14.2 Å². The van der Waals surface area contributed by atoms with Gasteiger partial charge in [0.2, 0.25) is 5.88 Å². The molecule has 1 aliphatic rings. The predicted molar refractivity (Wildman–Crippen MR) is 125 cm³/mol. The Kier molecular flexibility index (Phi) is 6.19. The van der Waals surface area contributed by atoms with E-state index in [-0.39, 0.29) is 39.5 Å². The van der Waals surface area contributed by atoms with Gasteiger partial charge in [0.05, 0.1) is 7.11 Å². The molecule has 1 saturated heterocycles. The van der Waals surface area contributed by atoms with E-state index in [1.54, 1.807) is 10.3 Å². The van der Waals surface area contributed by atoms with Crippen molar-refractivity contribution in [3.8, 4) is 5.88 Å². The Morgan fingerprint density at radius 1 is 1.20 bits per heavy atom. The fourth-order valence-electron chi connectivity index (χ4n) is 4.01. The van der Waals surface area contributed by atoms with Crippen molar-refractivity contribution in [2.45, 2.75) is 12.8 Å². The summed E-state index contributed by atoms with van der Waals surface area (Å²) in [5.74, 6) is -2.05. The molecule has 1 unspecified atom stereocenters. The maximum atomic E-state index is 13.3. The van der Waals surface area contributed by atoms with E-state index in [1.807, 2.05) is 18.2 Å². The summed E-state index contributed by atoms with van der Waals surface area (Å²) in [4.78, 5) is 52.5. The number of carbonyl (C=O) groups is 3. The quantitative estimate of drug-likeness (QED) is 0.304. The number of likely N-dealkylation sites (tertiary alicyclic amines) is 1. The Morgan fingerprint density at radius 3 is 2.77 bits per heavy atom. The lowest BCUT2D eigenvalue weighted by molar-refractivity contribution is -0.112. The summed E-state index contributed by atoms with van der Waals surface area (Å²) in [5.41, 5.74) is 0.592. The zero-order valence-electron chi connectivity index (χ0n) is 18.6. The van der Waals surface area contributed by atoms with Gasteiger partial charge in [0, 0.05) is 24.7 Å². The lowest BCUT2D eigenvalue weighted by Gasteiger charge is -2.17. The fraction of sp³-hybridized carbons (Fsp3) is 0.261. The minimum Gasteiger partial charge on any atom is -0.479 e. The van der Waals surface area contributed by atoms with Gasteiger partial charge in [0.1, 0.15) is 0 Å². The lowest BCUT2D eigenvalue weighted by atomic mass is 9.99. The number of aromatic nitrogens is 4. The zero-order valence-corrected chi connectivity index (χ0v) is 19.4. The van der Waals surface area contributed by atoms with Gasteiger partial charge in [-0.25, -0.2) is 9.97 Å². The minimum atomic E-state index is -0.985. The average Bonchev–Trinajstić information content (AvgIpc) is 3.64. The molecule has 0 radical (unpaired) electrons. The van der Waals surface area contributed by atoms with Crippen LogP contribution < -0.4 is 10.1 Å². The van der Waals surface area contributed by atoms with Crippen LogP contribution in [0.3, 0.4) is 0 Å². The summed E-state index contributed by atoms with van der Waals surface area (Å²) >= 11 is 1.16. The van der Waals surface area contributed by atoms with Gasteiger partial charge in [-0.1, -0.05) is 35.5 Å². The van der Waals surface area contributed by atoms with Crippen molar-refractivity contribution >= 4 is 45.3 Å². The van der Waals surface area contributed by atoms with Crippen LogP contribution in [0.1, 0.15) is 33.0 Å². The van der Waals surface area contributed by atoms with Crippen LogP contribution in [-0.2, 0) is 11.2 Å². The summed E-state index contributed by atoms with van der Waals surface area (Å²) in [7, 11) is 1.36. The number of benzene rings is 1. The molecule has 5 rings (SSSR count). The van der Waals surface area contributed by atoms with Crippen molar-refractivity contribution in [1.82, 2.24) is 25.0 Å². The van der Waals surface area contributed by atoms with E-state index in [0.29, 0.717) is 19.0 Å². The van der Waals surface area contributed by atoms with Crippen LogP contribution in [0, 0.1) is 5.92 Å². The first-order valence-corrected chi connectivity index (χ1v) is 11.7. The van der Waals surface area contributed by atoms with Crippen LogP contribution in [0.5, 0.6) is 5.88 Å². The topological polar surface area (TPSA) is 140 Å². The van der Waals surface area contributed by atoms with Crippen LogP contribution in [0.15, 0.2) is 46.4 Å². The Morgan fingerprint density at radius 2 is 2.03 bits per heavy atom. The molecule has 0 saturated carbocycles.